The maximum absolute atomic E-state index is 12.4. The molecule has 0 aromatic heterocycles. The van der Waals surface area contributed by atoms with E-state index in [1.165, 1.54) is 0 Å². The lowest BCUT2D eigenvalue weighted by molar-refractivity contribution is -0.132. The van der Waals surface area contributed by atoms with Crippen LogP contribution in [0.15, 0.2) is 42.5 Å². The number of carbonyl (C=O) groups is 2. The van der Waals surface area contributed by atoms with Crippen molar-refractivity contribution in [3.63, 3.8) is 0 Å². The summed E-state index contributed by atoms with van der Waals surface area (Å²) in [6.07, 6.45) is 2.29. The second kappa shape index (κ2) is 9.87. The van der Waals surface area contributed by atoms with Crippen LogP contribution in [0.5, 0.6) is 23.0 Å². The van der Waals surface area contributed by atoms with Crippen LogP contribution in [0.25, 0.3) is 0 Å². The van der Waals surface area contributed by atoms with Crippen molar-refractivity contribution in [1.82, 2.24) is 10.2 Å². The highest BCUT2D eigenvalue weighted by molar-refractivity contribution is 5.95. The molecule has 1 fully saturated rings. The molecular formula is C22H26N2O6. The molecule has 0 radical (unpaired) electrons. The fourth-order valence-corrected chi connectivity index (χ4v) is 3.37. The van der Waals surface area contributed by atoms with Gasteiger partial charge in [-0.25, -0.2) is 0 Å². The molecule has 0 spiro atoms. The van der Waals surface area contributed by atoms with Crippen molar-refractivity contribution in [2.75, 3.05) is 19.7 Å². The van der Waals surface area contributed by atoms with Gasteiger partial charge in [0.15, 0.2) is 17.2 Å². The number of carbonyl (C=O) groups excluding carboxylic acids is 2. The first-order valence-corrected chi connectivity index (χ1v) is 9.95. The average molecular weight is 414 g/mol. The molecule has 0 saturated carbocycles. The Kier molecular flexibility index (Phi) is 7.00. The molecule has 0 unspecified atom stereocenters. The number of piperidine rings is 1. The number of benzene rings is 2. The topological polar surface area (TPSA) is 119 Å². The highest BCUT2D eigenvalue weighted by Gasteiger charge is 2.24. The Labute approximate surface area is 174 Å². The molecule has 8 heteroatoms. The number of rotatable bonds is 7. The van der Waals surface area contributed by atoms with Gasteiger partial charge < -0.3 is 30.3 Å². The molecule has 2 aromatic carbocycles. The fourth-order valence-electron chi connectivity index (χ4n) is 3.37. The summed E-state index contributed by atoms with van der Waals surface area (Å²) in [6.45, 7) is 1.58. The summed E-state index contributed by atoms with van der Waals surface area (Å²) in [4.78, 5) is 26.5. The van der Waals surface area contributed by atoms with Crippen LogP contribution in [-0.4, -0.2) is 57.8 Å². The van der Waals surface area contributed by atoms with Crippen LogP contribution in [0.3, 0.4) is 0 Å². The van der Waals surface area contributed by atoms with Crippen LogP contribution in [0, 0.1) is 0 Å². The van der Waals surface area contributed by atoms with Gasteiger partial charge in [0.05, 0.1) is 6.61 Å². The van der Waals surface area contributed by atoms with Crippen LogP contribution in [0.4, 0.5) is 0 Å². The number of hydrogen-bond donors (Lipinski definition) is 4. The molecular weight excluding hydrogens is 388 g/mol. The zero-order valence-electron chi connectivity index (χ0n) is 16.6. The molecule has 1 saturated heterocycles. The third kappa shape index (κ3) is 5.56. The van der Waals surface area contributed by atoms with E-state index in [4.69, 9.17) is 4.74 Å². The van der Waals surface area contributed by atoms with E-state index in [-0.39, 0.29) is 17.5 Å². The van der Waals surface area contributed by atoms with Crippen molar-refractivity contribution in [3.05, 3.63) is 48.0 Å². The third-order valence-corrected chi connectivity index (χ3v) is 5.06. The highest BCUT2D eigenvalue weighted by Crippen LogP contribution is 2.35. The Morgan fingerprint density at radius 2 is 1.67 bits per heavy atom. The van der Waals surface area contributed by atoms with Gasteiger partial charge in [0, 0.05) is 31.1 Å². The van der Waals surface area contributed by atoms with Crippen LogP contribution >= 0.6 is 0 Å². The first-order chi connectivity index (χ1) is 14.4. The minimum Gasteiger partial charge on any atom is -0.504 e. The van der Waals surface area contributed by atoms with Crippen LogP contribution in [0.2, 0.25) is 0 Å². The summed E-state index contributed by atoms with van der Waals surface area (Å²) in [5, 5.41) is 31.3. The second-order valence-corrected chi connectivity index (χ2v) is 7.26. The number of ether oxygens (including phenoxy) is 1. The van der Waals surface area contributed by atoms with E-state index in [1.807, 2.05) is 30.3 Å². The van der Waals surface area contributed by atoms with Crippen molar-refractivity contribution in [2.45, 2.75) is 31.7 Å². The summed E-state index contributed by atoms with van der Waals surface area (Å²) in [6, 6.07) is 11.6. The molecule has 1 aliphatic rings. The quantitative estimate of drug-likeness (QED) is 0.408. The minimum atomic E-state index is -0.660. The first kappa shape index (κ1) is 21.3. The summed E-state index contributed by atoms with van der Waals surface area (Å²) < 4.78 is 5.60. The lowest BCUT2D eigenvalue weighted by Crippen LogP contribution is -2.46. The summed E-state index contributed by atoms with van der Waals surface area (Å²) in [5.74, 6) is -1.37. The van der Waals surface area contributed by atoms with E-state index in [2.05, 4.69) is 5.32 Å². The maximum Gasteiger partial charge on any atom is 0.251 e. The predicted molar refractivity (Wildman–Crippen MR) is 110 cm³/mol. The van der Waals surface area contributed by atoms with E-state index in [9.17, 15) is 24.9 Å². The van der Waals surface area contributed by atoms with Gasteiger partial charge in [-0.3, -0.25) is 9.59 Å². The number of hydrogen-bond acceptors (Lipinski definition) is 6. The third-order valence-electron chi connectivity index (χ3n) is 5.06. The molecule has 0 atom stereocenters. The van der Waals surface area contributed by atoms with Crippen molar-refractivity contribution in [2.24, 2.45) is 0 Å². The van der Waals surface area contributed by atoms with Gasteiger partial charge in [0.1, 0.15) is 5.75 Å². The van der Waals surface area contributed by atoms with Crippen molar-refractivity contribution >= 4 is 11.8 Å². The number of nitrogens with zero attached hydrogens (tertiary/aromatic N) is 1. The SMILES string of the molecule is O=C(NC1CCN(C(=O)CCCOc2ccccc2)CC1)c1cc(O)c(O)c(O)c1. The number of phenols is 3. The first-order valence-electron chi connectivity index (χ1n) is 9.95. The summed E-state index contributed by atoms with van der Waals surface area (Å²) in [7, 11) is 0. The number of nitrogens with one attached hydrogen (secondary N) is 1. The van der Waals surface area contributed by atoms with Crippen LogP contribution in [-0.2, 0) is 4.79 Å². The Morgan fingerprint density at radius 3 is 2.30 bits per heavy atom. The van der Waals surface area contributed by atoms with E-state index in [0.717, 1.165) is 17.9 Å². The molecule has 8 nitrogen and oxygen atoms in total. The average Bonchev–Trinajstić information content (AvgIpc) is 2.75. The second-order valence-electron chi connectivity index (χ2n) is 7.26. The maximum atomic E-state index is 12.4. The van der Waals surface area contributed by atoms with Gasteiger partial charge in [0.2, 0.25) is 5.91 Å². The van der Waals surface area contributed by atoms with Crippen molar-refractivity contribution < 1.29 is 29.6 Å². The zero-order valence-corrected chi connectivity index (χ0v) is 16.6. The fraction of sp³-hybridized carbons (Fsp3) is 0.364. The molecule has 2 aromatic rings. The number of aromatic hydroxyl groups is 3. The van der Waals surface area contributed by atoms with E-state index in [1.54, 1.807) is 4.90 Å². The van der Waals surface area contributed by atoms with Gasteiger partial charge >= 0.3 is 0 Å². The molecule has 0 bridgehead atoms. The Balaban J connectivity index is 1.39. The van der Waals surface area contributed by atoms with E-state index in [0.29, 0.717) is 45.4 Å². The Morgan fingerprint density at radius 1 is 1.03 bits per heavy atom. The summed E-state index contributed by atoms with van der Waals surface area (Å²) in [5.41, 5.74) is 0.0553. The molecule has 1 heterocycles. The highest BCUT2D eigenvalue weighted by atomic mass is 16.5. The standard InChI is InChI=1S/C22H26N2O6/c25-18-13-15(14-19(26)21(18)28)22(29)23-16-8-10-24(11-9-16)20(27)7-4-12-30-17-5-2-1-3-6-17/h1-3,5-6,13-14,16,25-26,28H,4,7-12H2,(H,23,29). The zero-order chi connectivity index (χ0) is 21.5. The minimum absolute atomic E-state index is 0.0553. The number of likely N-dealkylation sites (tertiary alicyclic amines) is 1. The van der Waals surface area contributed by atoms with E-state index < -0.39 is 23.2 Å². The van der Waals surface area contributed by atoms with Crippen LogP contribution < -0.4 is 10.1 Å². The number of phenolic OH excluding ortho intramolecular Hbond substituents is 3. The van der Waals surface area contributed by atoms with Crippen molar-refractivity contribution in [1.29, 1.82) is 0 Å². The normalized spacial score (nSPS) is 14.3. The number of para-hydroxylation sites is 1. The predicted octanol–water partition coefficient (Wildman–Crippen LogP) is 2.38. The molecule has 1 aliphatic heterocycles. The Bertz CT molecular complexity index is 855. The lowest BCUT2D eigenvalue weighted by atomic mass is 10.0. The van der Waals surface area contributed by atoms with Gasteiger partial charge in [-0.05, 0) is 43.5 Å². The van der Waals surface area contributed by atoms with Crippen LogP contribution in [0.1, 0.15) is 36.0 Å². The monoisotopic (exact) mass is 414 g/mol. The molecule has 0 aliphatic carbocycles. The Hall–Kier alpha value is -3.42. The number of amides is 2. The molecule has 160 valence electrons. The van der Waals surface area contributed by atoms with Crippen molar-refractivity contribution in [3.8, 4) is 23.0 Å². The van der Waals surface area contributed by atoms with Gasteiger partial charge in [-0.2, -0.15) is 0 Å². The van der Waals surface area contributed by atoms with E-state index >= 15 is 0 Å². The molecule has 2 amide bonds. The van der Waals surface area contributed by atoms with Gasteiger partial charge in [-0.15, -0.1) is 0 Å². The molecule has 4 N–H and O–H groups in total. The van der Waals surface area contributed by atoms with Gasteiger partial charge in [-0.1, -0.05) is 18.2 Å². The smallest absolute Gasteiger partial charge is 0.251 e. The molecule has 3 rings (SSSR count). The van der Waals surface area contributed by atoms with Gasteiger partial charge in [0.25, 0.3) is 5.91 Å². The summed E-state index contributed by atoms with van der Waals surface area (Å²) >= 11 is 0. The lowest BCUT2D eigenvalue weighted by Gasteiger charge is -2.32. The largest absolute Gasteiger partial charge is 0.504 e. The molecule has 30 heavy (non-hydrogen) atoms.